The van der Waals surface area contributed by atoms with Crippen LogP contribution in [0.1, 0.15) is 38.2 Å². The second-order valence-corrected chi connectivity index (χ2v) is 8.35. The van der Waals surface area contributed by atoms with Crippen molar-refractivity contribution in [3.8, 4) is 11.1 Å². The number of hydrogen-bond acceptors (Lipinski definition) is 4. The summed E-state index contributed by atoms with van der Waals surface area (Å²) < 4.78 is 27.1. The van der Waals surface area contributed by atoms with Crippen molar-refractivity contribution in [1.82, 2.24) is 4.90 Å². The van der Waals surface area contributed by atoms with Crippen LogP contribution in [0.25, 0.3) is 11.1 Å². The maximum atomic E-state index is 13.6. The molecule has 6 heteroatoms. The second kappa shape index (κ2) is 8.92. The predicted molar refractivity (Wildman–Crippen MR) is 113 cm³/mol. The van der Waals surface area contributed by atoms with Crippen molar-refractivity contribution in [3.05, 3.63) is 60.2 Å². The van der Waals surface area contributed by atoms with Gasteiger partial charge in [0.05, 0.1) is 0 Å². The SMILES string of the molecule is CC(O)(C(F)F)C(C)(C(=O)CO)N1CCC(c2ccc(-c3ccccc3)cc2)CC1. The van der Waals surface area contributed by atoms with Gasteiger partial charge >= 0.3 is 0 Å². The topological polar surface area (TPSA) is 60.8 Å². The van der Waals surface area contributed by atoms with Crippen LogP contribution in [-0.2, 0) is 4.79 Å². The van der Waals surface area contributed by atoms with Crippen LogP contribution < -0.4 is 0 Å². The van der Waals surface area contributed by atoms with E-state index in [0.29, 0.717) is 25.9 Å². The quantitative estimate of drug-likeness (QED) is 0.718. The van der Waals surface area contributed by atoms with Crippen molar-refractivity contribution in [2.75, 3.05) is 19.7 Å². The van der Waals surface area contributed by atoms with Crippen molar-refractivity contribution < 1.29 is 23.8 Å². The van der Waals surface area contributed by atoms with Crippen molar-refractivity contribution >= 4 is 5.78 Å². The van der Waals surface area contributed by atoms with Crippen LogP contribution in [0.2, 0.25) is 0 Å². The normalized spacial score (nSPS) is 20.0. The van der Waals surface area contributed by atoms with E-state index in [1.54, 1.807) is 4.90 Å². The highest BCUT2D eigenvalue weighted by atomic mass is 19.3. The highest BCUT2D eigenvalue weighted by Crippen LogP contribution is 2.39. The molecule has 0 aromatic heterocycles. The Morgan fingerprint density at radius 1 is 1.03 bits per heavy atom. The number of nitrogens with zero attached hydrogens (tertiary/aromatic N) is 1. The van der Waals surface area contributed by atoms with Gasteiger partial charge in [-0.2, -0.15) is 0 Å². The summed E-state index contributed by atoms with van der Waals surface area (Å²) in [6.07, 6.45) is -1.75. The smallest absolute Gasteiger partial charge is 0.268 e. The predicted octanol–water partition coefficient (Wildman–Crippen LogP) is 3.87. The van der Waals surface area contributed by atoms with Gasteiger partial charge in [0.25, 0.3) is 6.43 Å². The molecule has 4 nitrogen and oxygen atoms in total. The number of carbonyl (C=O) groups is 1. The summed E-state index contributed by atoms with van der Waals surface area (Å²) >= 11 is 0. The minimum atomic E-state index is -3.11. The molecule has 0 spiro atoms. The highest BCUT2D eigenvalue weighted by molar-refractivity contribution is 5.90. The maximum Gasteiger partial charge on any atom is 0.268 e. The fraction of sp³-hybridized carbons (Fsp3) is 0.458. The number of benzene rings is 2. The number of halogens is 2. The molecule has 2 aromatic carbocycles. The molecule has 162 valence electrons. The standard InChI is InChI=1S/C24H29F2NO3/c1-23(21(29)16-28,24(2,30)22(25)26)27-14-12-20(13-15-27)19-10-8-18(9-11-19)17-6-4-3-5-7-17/h3-11,20,22,28,30H,12-16H2,1-2H3. The van der Waals surface area contributed by atoms with Crippen LogP contribution in [-0.4, -0.2) is 58.2 Å². The number of piperidine rings is 1. The Labute approximate surface area is 176 Å². The number of rotatable bonds is 7. The zero-order valence-corrected chi connectivity index (χ0v) is 17.4. The molecule has 0 saturated carbocycles. The van der Waals surface area contributed by atoms with E-state index in [-0.39, 0.29) is 5.92 Å². The van der Waals surface area contributed by atoms with Crippen molar-refractivity contribution in [3.63, 3.8) is 0 Å². The number of carbonyl (C=O) groups excluding carboxylic acids is 1. The monoisotopic (exact) mass is 417 g/mol. The molecule has 0 bridgehead atoms. The largest absolute Gasteiger partial charge is 0.389 e. The number of likely N-dealkylation sites (tertiary alicyclic amines) is 1. The second-order valence-electron chi connectivity index (χ2n) is 8.35. The minimum Gasteiger partial charge on any atom is -0.389 e. The highest BCUT2D eigenvalue weighted by Gasteiger charge is 2.57. The van der Waals surface area contributed by atoms with E-state index in [1.807, 2.05) is 18.2 Å². The van der Waals surface area contributed by atoms with Crippen LogP contribution in [0.3, 0.4) is 0 Å². The summed E-state index contributed by atoms with van der Waals surface area (Å²) in [6, 6.07) is 18.4. The van der Waals surface area contributed by atoms with Crippen molar-refractivity contribution in [1.29, 1.82) is 0 Å². The van der Waals surface area contributed by atoms with Gasteiger partial charge in [-0.3, -0.25) is 9.69 Å². The molecule has 2 atom stereocenters. The number of ketones is 1. The Morgan fingerprint density at radius 2 is 1.57 bits per heavy atom. The Morgan fingerprint density at radius 3 is 2.07 bits per heavy atom. The molecule has 1 saturated heterocycles. The maximum absolute atomic E-state index is 13.6. The molecule has 30 heavy (non-hydrogen) atoms. The summed E-state index contributed by atoms with van der Waals surface area (Å²) in [5.74, 6) is -0.547. The Balaban J connectivity index is 1.74. The van der Waals surface area contributed by atoms with Gasteiger partial charge in [0, 0.05) is 0 Å². The van der Waals surface area contributed by atoms with Crippen LogP contribution in [0.4, 0.5) is 8.78 Å². The van der Waals surface area contributed by atoms with Crippen LogP contribution in [0.15, 0.2) is 54.6 Å². The summed E-state index contributed by atoms with van der Waals surface area (Å²) in [5.41, 5.74) is -0.961. The average molecular weight is 417 g/mol. The van der Waals surface area contributed by atoms with Crippen molar-refractivity contribution in [2.45, 2.75) is 50.2 Å². The first-order valence-electron chi connectivity index (χ1n) is 10.3. The third-order valence-corrected chi connectivity index (χ3v) is 6.71. The van der Waals surface area contributed by atoms with E-state index >= 15 is 0 Å². The molecule has 1 aliphatic rings. The molecule has 2 aromatic rings. The molecule has 0 radical (unpaired) electrons. The third-order valence-electron chi connectivity index (χ3n) is 6.71. The fourth-order valence-corrected chi connectivity index (χ4v) is 4.38. The lowest BCUT2D eigenvalue weighted by atomic mass is 9.75. The number of aliphatic hydroxyl groups excluding tert-OH is 1. The zero-order chi connectivity index (χ0) is 21.9. The molecule has 1 heterocycles. The zero-order valence-electron chi connectivity index (χ0n) is 17.4. The lowest BCUT2D eigenvalue weighted by Crippen LogP contribution is -2.70. The Bertz CT molecular complexity index is 847. The van der Waals surface area contributed by atoms with Gasteiger partial charge in [0.1, 0.15) is 17.7 Å². The van der Waals surface area contributed by atoms with Gasteiger partial charge in [-0.1, -0.05) is 54.6 Å². The molecular weight excluding hydrogens is 388 g/mol. The van der Waals surface area contributed by atoms with Gasteiger partial charge in [-0.25, -0.2) is 8.78 Å². The van der Waals surface area contributed by atoms with Gasteiger partial charge in [-0.05, 0) is 62.4 Å². The van der Waals surface area contributed by atoms with E-state index < -0.39 is 30.0 Å². The molecule has 2 unspecified atom stereocenters. The Hall–Kier alpha value is -2.15. The lowest BCUT2D eigenvalue weighted by Gasteiger charge is -2.50. The number of alkyl halides is 2. The van der Waals surface area contributed by atoms with Gasteiger partial charge in [-0.15, -0.1) is 0 Å². The number of aliphatic hydroxyl groups is 2. The molecule has 1 aliphatic heterocycles. The van der Waals surface area contributed by atoms with E-state index in [9.17, 15) is 23.8 Å². The van der Waals surface area contributed by atoms with E-state index in [2.05, 4.69) is 36.4 Å². The van der Waals surface area contributed by atoms with E-state index in [1.165, 1.54) is 12.5 Å². The summed E-state index contributed by atoms with van der Waals surface area (Å²) in [5, 5.41) is 19.8. The first-order chi connectivity index (χ1) is 14.2. The lowest BCUT2D eigenvalue weighted by molar-refractivity contribution is -0.186. The third kappa shape index (κ3) is 4.04. The first kappa shape index (κ1) is 22.5. The van der Waals surface area contributed by atoms with Crippen LogP contribution in [0.5, 0.6) is 0 Å². The van der Waals surface area contributed by atoms with Crippen molar-refractivity contribution in [2.24, 2.45) is 0 Å². The summed E-state index contributed by atoms with van der Waals surface area (Å²) in [7, 11) is 0. The first-order valence-corrected chi connectivity index (χ1v) is 10.3. The van der Waals surface area contributed by atoms with Crippen LogP contribution in [0, 0.1) is 0 Å². The number of hydrogen-bond donors (Lipinski definition) is 2. The fourth-order valence-electron chi connectivity index (χ4n) is 4.38. The van der Waals surface area contributed by atoms with Gasteiger partial charge in [0.15, 0.2) is 5.78 Å². The van der Waals surface area contributed by atoms with E-state index in [4.69, 9.17) is 0 Å². The summed E-state index contributed by atoms with van der Waals surface area (Å²) in [4.78, 5) is 14.0. The minimum absolute atomic E-state index is 0.246. The van der Waals surface area contributed by atoms with E-state index in [0.717, 1.165) is 18.1 Å². The summed E-state index contributed by atoms with van der Waals surface area (Å²) in [6.45, 7) is 2.17. The van der Waals surface area contributed by atoms with Crippen LogP contribution >= 0.6 is 0 Å². The molecule has 3 rings (SSSR count). The molecular formula is C24H29F2NO3. The molecule has 2 N–H and O–H groups in total. The molecule has 1 fully saturated rings. The average Bonchev–Trinajstić information content (AvgIpc) is 2.78. The Kier molecular flexibility index (Phi) is 6.70. The number of Topliss-reactive ketones (excluding diaryl/α,β-unsaturated/α-hetero) is 1. The van der Waals surface area contributed by atoms with Gasteiger partial charge in [0.2, 0.25) is 0 Å². The molecule has 0 aliphatic carbocycles. The molecule has 0 amide bonds. The van der Waals surface area contributed by atoms with Gasteiger partial charge < -0.3 is 10.2 Å².